The van der Waals surface area contributed by atoms with Crippen LogP contribution in [0.15, 0.2) is 24.3 Å². The van der Waals surface area contributed by atoms with E-state index in [9.17, 15) is 0 Å². The lowest BCUT2D eigenvalue weighted by molar-refractivity contribution is 1.18. The molecule has 0 saturated heterocycles. The SMILES string of the molecule is CC[Si](CC)(CC)c1cc2ccc(C)cc2[nH]1. The fraction of sp³-hybridized carbons (Fsp3) is 0.467. The first kappa shape index (κ1) is 12.4. The molecule has 0 bridgehead atoms. The van der Waals surface area contributed by atoms with Crippen molar-refractivity contribution in [3.63, 3.8) is 0 Å². The Hall–Kier alpha value is -1.02. The van der Waals surface area contributed by atoms with Crippen LogP contribution in [0.2, 0.25) is 18.1 Å². The van der Waals surface area contributed by atoms with Crippen LogP contribution in [0.3, 0.4) is 0 Å². The third-order valence-electron chi connectivity index (χ3n) is 4.38. The molecule has 0 radical (unpaired) electrons. The topological polar surface area (TPSA) is 15.8 Å². The highest BCUT2D eigenvalue weighted by atomic mass is 28.3. The Morgan fingerprint density at radius 2 is 1.65 bits per heavy atom. The number of rotatable bonds is 4. The van der Waals surface area contributed by atoms with Crippen molar-refractivity contribution in [1.82, 2.24) is 4.98 Å². The maximum absolute atomic E-state index is 3.69. The molecule has 92 valence electrons. The van der Waals surface area contributed by atoms with Crippen molar-refractivity contribution in [2.75, 3.05) is 0 Å². The van der Waals surface area contributed by atoms with E-state index in [1.165, 1.54) is 34.6 Å². The maximum Gasteiger partial charge on any atom is 0.106 e. The van der Waals surface area contributed by atoms with Crippen LogP contribution in [-0.2, 0) is 0 Å². The molecule has 0 spiro atoms. The Kier molecular flexibility index (Phi) is 3.43. The first-order valence-electron chi connectivity index (χ1n) is 6.75. The van der Waals surface area contributed by atoms with Crippen LogP contribution in [-0.4, -0.2) is 13.1 Å². The van der Waals surface area contributed by atoms with Gasteiger partial charge in [-0.15, -0.1) is 0 Å². The molecular weight excluding hydrogens is 222 g/mol. The summed E-state index contributed by atoms with van der Waals surface area (Å²) in [6.07, 6.45) is 0. The zero-order valence-corrected chi connectivity index (χ0v) is 12.4. The van der Waals surface area contributed by atoms with Crippen molar-refractivity contribution in [3.8, 4) is 0 Å². The van der Waals surface area contributed by atoms with Crippen LogP contribution in [0.5, 0.6) is 0 Å². The minimum atomic E-state index is -1.25. The number of benzene rings is 1. The van der Waals surface area contributed by atoms with Gasteiger partial charge in [0.05, 0.1) is 0 Å². The lowest BCUT2D eigenvalue weighted by Crippen LogP contribution is -2.46. The first-order chi connectivity index (χ1) is 8.15. The van der Waals surface area contributed by atoms with Gasteiger partial charge in [0.25, 0.3) is 0 Å². The Bertz CT molecular complexity index is 500. The smallest absolute Gasteiger partial charge is 0.106 e. The Morgan fingerprint density at radius 1 is 1.00 bits per heavy atom. The van der Waals surface area contributed by atoms with Crippen molar-refractivity contribution in [2.24, 2.45) is 0 Å². The second-order valence-electron chi connectivity index (χ2n) is 5.11. The summed E-state index contributed by atoms with van der Waals surface area (Å²) in [5.74, 6) is 0. The average molecular weight is 245 g/mol. The number of H-pyrrole nitrogens is 1. The third-order valence-corrected chi connectivity index (χ3v) is 9.85. The molecule has 1 N–H and O–H groups in total. The van der Waals surface area contributed by atoms with E-state index < -0.39 is 8.07 Å². The van der Waals surface area contributed by atoms with Crippen LogP contribution in [0.4, 0.5) is 0 Å². The zero-order chi connectivity index (χ0) is 12.5. The molecule has 0 aliphatic rings. The van der Waals surface area contributed by atoms with Gasteiger partial charge < -0.3 is 4.98 Å². The van der Waals surface area contributed by atoms with Crippen molar-refractivity contribution < 1.29 is 0 Å². The van der Waals surface area contributed by atoms with E-state index in [2.05, 4.69) is 56.9 Å². The van der Waals surface area contributed by atoms with E-state index in [-0.39, 0.29) is 0 Å². The van der Waals surface area contributed by atoms with Crippen molar-refractivity contribution in [3.05, 3.63) is 29.8 Å². The molecule has 2 aromatic rings. The number of aromatic nitrogens is 1. The minimum absolute atomic E-state index is 1.25. The van der Waals surface area contributed by atoms with Crippen LogP contribution in [0.1, 0.15) is 26.3 Å². The maximum atomic E-state index is 3.69. The molecule has 1 aromatic heterocycles. The third kappa shape index (κ3) is 2.06. The molecule has 2 rings (SSSR count). The summed E-state index contributed by atoms with van der Waals surface area (Å²) >= 11 is 0. The Labute approximate surface area is 105 Å². The molecule has 0 atom stereocenters. The highest BCUT2D eigenvalue weighted by Gasteiger charge is 2.30. The number of fused-ring (bicyclic) bond motifs is 1. The second kappa shape index (κ2) is 4.69. The Balaban J connectivity index is 2.55. The molecule has 17 heavy (non-hydrogen) atoms. The summed E-state index contributed by atoms with van der Waals surface area (Å²) in [6.45, 7) is 9.23. The average Bonchev–Trinajstić information content (AvgIpc) is 2.75. The number of hydrogen-bond acceptors (Lipinski definition) is 0. The van der Waals surface area contributed by atoms with E-state index in [1.54, 1.807) is 5.32 Å². The molecule has 0 amide bonds. The first-order valence-corrected chi connectivity index (χ1v) is 9.37. The van der Waals surface area contributed by atoms with Crippen LogP contribution < -0.4 is 5.32 Å². The number of aromatic amines is 1. The molecule has 0 aliphatic carbocycles. The van der Waals surface area contributed by atoms with Gasteiger partial charge in [0.2, 0.25) is 0 Å². The predicted octanol–water partition coefficient (Wildman–Crippen LogP) is 4.19. The number of nitrogens with one attached hydrogen (secondary N) is 1. The lowest BCUT2D eigenvalue weighted by atomic mass is 10.2. The van der Waals surface area contributed by atoms with Gasteiger partial charge in [-0.25, -0.2) is 0 Å². The fourth-order valence-electron chi connectivity index (χ4n) is 2.85. The van der Waals surface area contributed by atoms with Gasteiger partial charge in [-0.2, -0.15) is 0 Å². The second-order valence-corrected chi connectivity index (χ2v) is 10.3. The predicted molar refractivity (Wildman–Crippen MR) is 79.9 cm³/mol. The van der Waals surface area contributed by atoms with E-state index in [0.29, 0.717) is 0 Å². The fourth-order valence-corrected chi connectivity index (χ4v) is 6.35. The summed E-state index contributed by atoms with van der Waals surface area (Å²) in [4.78, 5) is 3.69. The minimum Gasteiger partial charge on any atom is -0.362 e. The molecule has 0 fully saturated rings. The van der Waals surface area contributed by atoms with Crippen molar-refractivity contribution >= 4 is 24.3 Å². The van der Waals surface area contributed by atoms with Crippen LogP contribution >= 0.6 is 0 Å². The molecule has 1 aromatic carbocycles. The highest BCUT2D eigenvalue weighted by molar-refractivity contribution is 6.91. The van der Waals surface area contributed by atoms with Crippen molar-refractivity contribution in [1.29, 1.82) is 0 Å². The van der Waals surface area contributed by atoms with Gasteiger partial charge in [0.1, 0.15) is 8.07 Å². The molecule has 1 nitrogen and oxygen atoms in total. The lowest BCUT2D eigenvalue weighted by Gasteiger charge is -2.26. The summed E-state index contributed by atoms with van der Waals surface area (Å²) in [6, 6.07) is 13.1. The summed E-state index contributed by atoms with van der Waals surface area (Å²) in [5.41, 5.74) is 2.65. The molecule has 0 saturated carbocycles. The Morgan fingerprint density at radius 3 is 2.24 bits per heavy atom. The highest BCUT2D eigenvalue weighted by Crippen LogP contribution is 2.22. The summed E-state index contributed by atoms with van der Waals surface area (Å²) < 4.78 is 0. The standard InChI is InChI=1S/C15H23NSi/c1-5-17(6-2,7-3)15-11-13-9-8-12(4)10-14(13)16-15/h8-11,16H,5-7H2,1-4H3. The monoisotopic (exact) mass is 245 g/mol. The van der Waals surface area contributed by atoms with E-state index in [0.717, 1.165) is 0 Å². The van der Waals surface area contributed by atoms with Gasteiger partial charge in [0, 0.05) is 5.52 Å². The van der Waals surface area contributed by atoms with Gasteiger partial charge in [-0.05, 0) is 35.3 Å². The molecular formula is C15H23NSi. The van der Waals surface area contributed by atoms with Crippen molar-refractivity contribution in [2.45, 2.75) is 45.8 Å². The molecule has 0 unspecified atom stereocenters. The zero-order valence-electron chi connectivity index (χ0n) is 11.4. The van der Waals surface area contributed by atoms with Gasteiger partial charge in [-0.1, -0.05) is 51.0 Å². The van der Waals surface area contributed by atoms with Gasteiger partial charge in [0.15, 0.2) is 0 Å². The van der Waals surface area contributed by atoms with Gasteiger partial charge >= 0.3 is 0 Å². The summed E-state index contributed by atoms with van der Waals surface area (Å²) in [7, 11) is -1.25. The quantitative estimate of drug-likeness (QED) is 0.777. The van der Waals surface area contributed by atoms with Gasteiger partial charge in [-0.3, -0.25) is 0 Å². The van der Waals surface area contributed by atoms with E-state index >= 15 is 0 Å². The molecule has 1 heterocycles. The van der Waals surface area contributed by atoms with E-state index in [4.69, 9.17) is 0 Å². The number of hydrogen-bond donors (Lipinski definition) is 1. The number of aryl methyl sites for hydroxylation is 1. The van der Waals surface area contributed by atoms with Crippen LogP contribution in [0, 0.1) is 6.92 Å². The normalized spacial score (nSPS) is 12.2. The van der Waals surface area contributed by atoms with Crippen LogP contribution in [0.25, 0.3) is 10.9 Å². The summed E-state index contributed by atoms with van der Waals surface area (Å²) in [5, 5.41) is 2.92. The molecule has 0 aliphatic heterocycles. The molecule has 2 heteroatoms. The largest absolute Gasteiger partial charge is 0.362 e. The van der Waals surface area contributed by atoms with E-state index in [1.807, 2.05) is 0 Å².